The topological polar surface area (TPSA) is 114 Å². The number of halogens is 3. The van der Waals surface area contributed by atoms with E-state index in [0.717, 1.165) is 0 Å². The molecule has 1 aromatic rings. The van der Waals surface area contributed by atoms with Crippen molar-refractivity contribution in [1.82, 2.24) is 9.88 Å². The number of hydrogen-bond donors (Lipinski definition) is 1. The Morgan fingerprint density at radius 1 is 1.32 bits per heavy atom. The number of sulfone groups is 1. The molecule has 1 aromatic heterocycles. The molecule has 3 heterocycles. The van der Waals surface area contributed by atoms with Crippen molar-refractivity contribution >= 4 is 21.7 Å². The van der Waals surface area contributed by atoms with Gasteiger partial charge in [-0.05, 0) is 18.6 Å². The van der Waals surface area contributed by atoms with Crippen LogP contribution in [0.4, 0.5) is 13.2 Å². The molecule has 2 aliphatic heterocycles. The Kier molecular flexibility index (Phi) is 6.34. The van der Waals surface area contributed by atoms with Crippen molar-refractivity contribution in [2.75, 3.05) is 32.6 Å². The lowest BCUT2D eigenvalue weighted by molar-refractivity contribution is -0.192. The third-order valence-electron chi connectivity index (χ3n) is 4.84. The minimum atomic E-state index is -5.08. The van der Waals surface area contributed by atoms with Gasteiger partial charge in [-0.2, -0.15) is 13.2 Å². The number of pyridine rings is 1. The largest absolute Gasteiger partial charge is 0.490 e. The zero-order chi connectivity index (χ0) is 21.2. The predicted octanol–water partition coefficient (Wildman–Crippen LogP) is 0.991. The Morgan fingerprint density at radius 2 is 1.86 bits per heavy atom. The van der Waals surface area contributed by atoms with Gasteiger partial charge in [0.05, 0.1) is 12.4 Å². The summed E-state index contributed by atoms with van der Waals surface area (Å²) in [5, 5.41) is 7.12. The molecule has 156 valence electrons. The molecule has 1 unspecified atom stereocenters. The number of rotatable bonds is 3. The highest BCUT2D eigenvalue weighted by atomic mass is 32.2. The molecule has 12 heteroatoms. The van der Waals surface area contributed by atoms with Crippen LogP contribution in [0.5, 0.6) is 0 Å². The molecule has 0 saturated carbocycles. The Labute approximate surface area is 159 Å². The van der Waals surface area contributed by atoms with Crippen molar-refractivity contribution in [3.63, 3.8) is 0 Å². The summed E-state index contributed by atoms with van der Waals surface area (Å²) >= 11 is 0. The maximum atomic E-state index is 12.4. The zero-order valence-corrected chi connectivity index (χ0v) is 15.7. The number of aliphatic carboxylic acids is 1. The highest BCUT2D eigenvalue weighted by Gasteiger charge is 2.62. The lowest BCUT2D eigenvalue weighted by Gasteiger charge is -2.49. The summed E-state index contributed by atoms with van der Waals surface area (Å²) in [6.07, 6.45) is -1.35. The first-order chi connectivity index (χ1) is 12.9. The van der Waals surface area contributed by atoms with Crippen molar-refractivity contribution in [3.8, 4) is 0 Å². The molecule has 3 rings (SSSR count). The number of likely N-dealkylation sites (tertiary alicyclic amines) is 1. The van der Waals surface area contributed by atoms with Crippen LogP contribution in [-0.4, -0.2) is 78.8 Å². The molecule has 1 spiro atoms. The molecular formula is C16H19F3N2O6S. The first-order valence-electron chi connectivity index (χ1n) is 8.15. The number of hydrogen-bond acceptors (Lipinski definition) is 6. The summed E-state index contributed by atoms with van der Waals surface area (Å²) < 4.78 is 60.8. The van der Waals surface area contributed by atoms with E-state index in [2.05, 4.69) is 4.98 Å². The molecule has 2 saturated heterocycles. The molecule has 2 fully saturated rings. The van der Waals surface area contributed by atoms with E-state index in [-0.39, 0.29) is 30.7 Å². The first-order valence-corrected chi connectivity index (χ1v) is 9.80. The minimum Gasteiger partial charge on any atom is -0.475 e. The number of carbonyl (C=O) groups is 2. The Bertz CT molecular complexity index is 823. The molecular weight excluding hydrogens is 405 g/mol. The summed E-state index contributed by atoms with van der Waals surface area (Å²) in [5.74, 6) is -2.72. The molecule has 0 bridgehead atoms. The van der Waals surface area contributed by atoms with Gasteiger partial charge in [-0.25, -0.2) is 13.2 Å². The normalized spacial score (nSPS) is 22.1. The van der Waals surface area contributed by atoms with Gasteiger partial charge in [0.15, 0.2) is 9.84 Å². The van der Waals surface area contributed by atoms with Crippen LogP contribution >= 0.6 is 0 Å². The molecule has 2 aliphatic rings. The number of ether oxygens (including phenoxy) is 1. The fourth-order valence-corrected chi connectivity index (χ4v) is 5.73. The van der Waals surface area contributed by atoms with Crippen LogP contribution in [0.1, 0.15) is 16.8 Å². The standard InChI is InChI=1S/C14H18N2O4S.C2HF3O2/c1-20-8-12-4-7-21(18,19)14(12)9-16(10-14)13(17)11-2-5-15-6-3-11;3-2(4,5)1(6)7/h2-3,5-6,12H,4,7-10H2,1H3;(H,6,7). The number of nitrogens with zero attached hydrogens (tertiary/aromatic N) is 2. The SMILES string of the molecule is COCC1CCS(=O)(=O)C12CN(C(=O)c1ccncc1)C2.O=C(O)C(F)(F)F. The Balaban J connectivity index is 0.000000345. The van der Waals surface area contributed by atoms with Crippen LogP contribution in [-0.2, 0) is 19.4 Å². The van der Waals surface area contributed by atoms with Crippen molar-refractivity contribution in [2.45, 2.75) is 17.3 Å². The highest BCUT2D eigenvalue weighted by Crippen LogP contribution is 2.45. The van der Waals surface area contributed by atoms with Gasteiger partial charge in [0.2, 0.25) is 0 Å². The van der Waals surface area contributed by atoms with Gasteiger partial charge < -0.3 is 14.7 Å². The van der Waals surface area contributed by atoms with Crippen molar-refractivity contribution < 1.29 is 41.0 Å². The molecule has 8 nitrogen and oxygen atoms in total. The van der Waals surface area contributed by atoms with E-state index in [1.54, 1.807) is 36.5 Å². The lowest BCUT2D eigenvalue weighted by atomic mass is 9.83. The summed E-state index contributed by atoms with van der Waals surface area (Å²) in [6, 6.07) is 3.28. The summed E-state index contributed by atoms with van der Waals surface area (Å²) in [5.41, 5.74) is 0.540. The second-order valence-electron chi connectivity index (χ2n) is 6.52. The summed E-state index contributed by atoms with van der Waals surface area (Å²) in [7, 11) is -1.58. The van der Waals surface area contributed by atoms with Crippen molar-refractivity contribution in [3.05, 3.63) is 30.1 Å². The third-order valence-corrected chi connectivity index (χ3v) is 7.44. The molecule has 0 aromatic carbocycles. The van der Waals surface area contributed by atoms with Gasteiger partial charge in [0.1, 0.15) is 4.75 Å². The van der Waals surface area contributed by atoms with Crippen LogP contribution in [0.25, 0.3) is 0 Å². The smallest absolute Gasteiger partial charge is 0.475 e. The van der Waals surface area contributed by atoms with E-state index in [1.807, 2.05) is 0 Å². The molecule has 1 atom stereocenters. The van der Waals surface area contributed by atoms with Crippen LogP contribution in [0.2, 0.25) is 0 Å². The highest BCUT2D eigenvalue weighted by molar-refractivity contribution is 7.93. The number of carboxylic acid groups (broad SMARTS) is 1. The van der Waals surface area contributed by atoms with Crippen LogP contribution < -0.4 is 0 Å². The number of amides is 1. The average molecular weight is 424 g/mol. The molecule has 0 radical (unpaired) electrons. The van der Waals surface area contributed by atoms with Gasteiger partial charge in [0, 0.05) is 44.1 Å². The number of methoxy groups -OCH3 is 1. The van der Waals surface area contributed by atoms with E-state index in [0.29, 0.717) is 18.6 Å². The fraction of sp³-hybridized carbons (Fsp3) is 0.562. The van der Waals surface area contributed by atoms with E-state index in [4.69, 9.17) is 14.6 Å². The number of aromatic nitrogens is 1. The van der Waals surface area contributed by atoms with Crippen LogP contribution in [0.3, 0.4) is 0 Å². The quantitative estimate of drug-likeness (QED) is 0.770. The molecule has 1 amide bonds. The van der Waals surface area contributed by atoms with Gasteiger partial charge in [-0.15, -0.1) is 0 Å². The van der Waals surface area contributed by atoms with Crippen molar-refractivity contribution in [2.24, 2.45) is 5.92 Å². The second kappa shape index (κ2) is 8.03. The maximum Gasteiger partial charge on any atom is 0.490 e. The second-order valence-corrected chi connectivity index (χ2v) is 8.98. The van der Waals surface area contributed by atoms with Gasteiger partial charge >= 0.3 is 12.1 Å². The third kappa shape index (κ3) is 4.27. The van der Waals surface area contributed by atoms with Crippen LogP contribution in [0.15, 0.2) is 24.5 Å². The minimum absolute atomic E-state index is 0.0195. The predicted molar refractivity (Wildman–Crippen MR) is 90.3 cm³/mol. The lowest BCUT2D eigenvalue weighted by Crippen LogP contribution is -2.68. The number of carbonyl (C=O) groups excluding carboxylic acids is 1. The monoisotopic (exact) mass is 424 g/mol. The first kappa shape index (κ1) is 22.1. The van der Waals surface area contributed by atoms with E-state index < -0.39 is 26.7 Å². The number of alkyl halides is 3. The van der Waals surface area contributed by atoms with Crippen LogP contribution in [0, 0.1) is 5.92 Å². The van der Waals surface area contributed by atoms with E-state index in [1.165, 1.54) is 0 Å². The van der Waals surface area contributed by atoms with E-state index >= 15 is 0 Å². The summed E-state index contributed by atoms with van der Waals surface area (Å²) in [6.45, 7) is 0.964. The Hall–Kier alpha value is -2.21. The van der Waals surface area contributed by atoms with Gasteiger partial charge in [-0.3, -0.25) is 9.78 Å². The molecule has 1 N–H and O–H groups in total. The molecule has 28 heavy (non-hydrogen) atoms. The van der Waals surface area contributed by atoms with Crippen molar-refractivity contribution in [1.29, 1.82) is 0 Å². The average Bonchev–Trinajstić information content (AvgIpc) is 2.84. The summed E-state index contributed by atoms with van der Waals surface area (Å²) in [4.78, 5) is 26.7. The Morgan fingerprint density at radius 3 is 2.32 bits per heavy atom. The molecule has 0 aliphatic carbocycles. The van der Waals surface area contributed by atoms with Gasteiger partial charge in [0.25, 0.3) is 5.91 Å². The number of carboxylic acids is 1. The maximum absolute atomic E-state index is 12.4. The zero-order valence-electron chi connectivity index (χ0n) is 14.8. The fourth-order valence-electron chi connectivity index (χ4n) is 3.33. The van der Waals surface area contributed by atoms with Gasteiger partial charge in [-0.1, -0.05) is 0 Å². The van der Waals surface area contributed by atoms with E-state index in [9.17, 15) is 26.4 Å².